The van der Waals surface area contributed by atoms with E-state index in [0.717, 1.165) is 12.0 Å². The number of carbonyl (C=O) groups is 3. The Morgan fingerprint density at radius 1 is 1.19 bits per heavy atom. The number of aliphatic hydroxyl groups excluding tert-OH is 1. The molecule has 3 amide bonds. The van der Waals surface area contributed by atoms with Gasteiger partial charge in [0.1, 0.15) is 17.6 Å². The van der Waals surface area contributed by atoms with Gasteiger partial charge in [-0.15, -0.1) is 0 Å². The van der Waals surface area contributed by atoms with Crippen molar-refractivity contribution in [1.29, 1.82) is 0 Å². The first kappa shape index (κ1) is 20.8. The smallest absolute Gasteiger partial charge is 0.313 e. The van der Waals surface area contributed by atoms with Crippen LogP contribution in [0, 0.1) is 0 Å². The van der Waals surface area contributed by atoms with Crippen molar-refractivity contribution in [2.75, 3.05) is 23.3 Å². The molecule has 3 N–H and O–H groups in total. The van der Waals surface area contributed by atoms with Gasteiger partial charge < -0.3 is 25.1 Å². The van der Waals surface area contributed by atoms with Crippen molar-refractivity contribution in [2.45, 2.75) is 18.9 Å². The van der Waals surface area contributed by atoms with Crippen LogP contribution < -0.4 is 15.5 Å². The number of furan rings is 1. The maximum atomic E-state index is 12.2. The Morgan fingerprint density at radius 2 is 2.06 bits per heavy atom. The SMILES string of the molecule is O=C(NCC(O)c1ccc(-c2ccsc2)o1)C(=O)Nc1cccc(N2CCCC2=O)c1. The molecule has 8 nitrogen and oxygen atoms in total. The fraction of sp³-hybridized carbons (Fsp3) is 0.227. The standard InChI is InChI=1S/C22H21N3O5S/c26-17(19-7-6-18(30-19)14-8-10-31-13-14)12-23-21(28)22(29)24-15-3-1-4-16(11-15)25-9-2-5-20(25)27/h1,3-4,6-8,10-11,13,17,26H,2,5,9,12H2,(H,23,28)(H,24,29). The highest BCUT2D eigenvalue weighted by Crippen LogP contribution is 2.27. The molecule has 0 aliphatic carbocycles. The molecule has 1 aromatic carbocycles. The van der Waals surface area contributed by atoms with Crippen molar-refractivity contribution in [3.8, 4) is 11.3 Å². The number of rotatable bonds is 6. The summed E-state index contributed by atoms with van der Waals surface area (Å²) in [6, 6.07) is 12.1. The average molecular weight is 439 g/mol. The van der Waals surface area contributed by atoms with Crippen LogP contribution in [0.5, 0.6) is 0 Å². The zero-order chi connectivity index (χ0) is 21.8. The highest BCUT2D eigenvalue weighted by molar-refractivity contribution is 7.08. The number of amides is 3. The van der Waals surface area contributed by atoms with Gasteiger partial charge >= 0.3 is 11.8 Å². The van der Waals surface area contributed by atoms with Crippen LogP contribution in [-0.2, 0) is 14.4 Å². The quantitative estimate of drug-likeness (QED) is 0.512. The summed E-state index contributed by atoms with van der Waals surface area (Å²) in [5.41, 5.74) is 1.99. The molecular formula is C22H21N3O5S. The molecule has 3 aromatic rings. The maximum absolute atomic E-state index is 12.2. The van der Waals surface area contributed by atoms with Gasteiger partial charge in [-0.25, -0.2) is 0 Å². The molecule has 9 heteroatoms. The van der Waals surface area contributed by atoms with Gasteiger partial charge in [-0.3, -0.25) is 14.4 Å². The lowest BCUT2D eigenvalue weighted by molar-refractivity contribution is -0.136. The summed E-state index contributed by atoms with van der Waals surface area (Å²) in [6.07, 6.45) is 0.213. The maximum Gasteiger partial charge on any atom is 0.313 e. The molecule has 1 aliphatic rings. The minimum atomic E-state index is -1.09. The summed E-state index contributed by atoms with van der Waals surface area (Å²) in [6.45, 7) is 0.459. The Hall–Kier alpha value is -3.43. The van der Waals surface area contributed by atoms with Crippen molar-refractivity contribution in [3.05, 3.63) is 59.0 Å². The number of anilines is 2. The van der Waals surface area contributed by atoms with Gasteiger partial charge in [0.05, 0.1) is 6.54 Å². The first-order valence-corrected chi connectivity index (χ1v) is 10.8. The van der Waals surface area contributed by atoms with Crippen molar-refractivity contribution < 1.29 is 23.9 Å². The van der Waals surface area contributed by atoms with Gasteiger partial charge in [0.15, 0.2) is 0 Å². The molecule has 2 aromatic heterocycles. The van der Waals surface area contributed by atoms with Crippen molar-refractivity contribution in [2.24, 2.45) is 0 Å². The van der Waals surface area contributed by atoms with Gasteiger partial charge in [-0.1, -0.05) is 6.07 Å². The van der Waals surface area contributed by atoms with Gasteiger partial charge in [0.2, 0.25) is 5.91 Å². The van der Waals surface area contributed by atoms with Crippen LogP contribution in [0.2, 0.25) is 0 Å². The predicted molar refractivity (Wildman–Crippen MR) is 117 cm³/mol. The Kier molecular flexibility index (Phi) is 6.15. The Morgan fingerprint density at radius 3 is 2.81 bits per heavy atom. The molecule has 1 fully saturated rings. The molecule has 0 saturated carbocycles. The van der Waals surface area contributed by atoms with Crippen LogP contribution in [0.1, 0.15) is 24.7 Å². The topological polar surface area (TPSA) is 112 Å². The lowest BCUT2D eigenvalue weighted by Gasteiger charge is -2.16. The summed E-state index contributed by atoms with van der Waals surface area (Å²) >= 11 is 1.53. The van der Waals surface area contributed by atoms with E-state index in [1.807, 2.05) is 16.8 Å². The highest BCUT2D eigenvalue weighted by atomic mass is 32.1. The largest absolute Gasteiger partial charge is 0.458 e. The van der Waals surface area contributed by atoms with Crippen LogP contribution in [0.15, 0.2) is 57.6 Å². The molecule has 31 heavy (non-hydrogen) atoms. The van der Waals surface area contributed by atoms with Crippen LogP contribution in [-0.4, -0.2) is 35.9 Å². The van der Waals surface area contributed by atoms with E-state index in [4.69, 9.17) is 4.42 Å². The summed E-state index contributed by atoms with van der Waals surface area (Å²) < 4.78 is 5.62. The van der Waals surface area contributed by atoms with E-state index in [2.05, 4.69) is 10.6 Å². The van der Waals surface area contributed by atoms with Crippen molar-refractivity contribution in [3.63, 3.8) is 0 Å². The fourth-order valence-corrected chi connectivity index (χ4v) is 3.97. The number of hydrogen-bond donors (Lipinski definition) is 3. The third-order valence-corrected chi connectivity index (χ3v) is 5.60. The lowest BCUT2D eigenvalue weighted by atomic mass is 10.2. The van der Waals surface area contributed by atoms with E-state index in [1.165, 1.54) is 11.3 Å². The molecule has 3 heterocycles. The summed E-state index contributed by atoms with van der Waals surface area (Å²) in [7, 11) is 0. The fourth-order valence-electron chi connectivity index (χ4n) is 3.32. The molecule has 1 atom stereocenters. The number of nitrogens with one attached hydrogen (secondary N) is 2. The minimum absolute atomic E-state index is 0.0373. The third kappa shape index (κ3) is 4.84. The van der Waals surface area contributed by atoms with E-state index < -0.39 is 17.9 Å². The molecule has 1 unspecified atom stereocenters. The highest BCUT2D eigenvalue weighted by Gasteiger charge is 2.22. The van der Waals surface area contributed by atoms with E-state index in [1.54, 1.807) is 41.3 Å². The molecular weight excluding hydrogens is 418 g/mol. The number of nitrogens with zero attached hydrogens (tertiary/aromatic N) is 1. The van der Waals surface area contributed by atoms with Crippen molar-refractivity contribution in [1.82, 2.24) is 5.32 Å². The average Bonchev–Trinajstić information content (AvgIpc) is 3.52. The first-order valence-electron chi connectivity index (χ1n) is 9.81. The second-order valence-electron chi connectivity index (χ2n) is 7.09. The number of benzene rings is 1. The van der Waals surface area contributed by atoms with Crippen LogP contribution in [0.3, 0.4) is 0 Å². The van der Waals surface area contributed by atoms with Crippen LogP contribution in [0.4, 0.5) is 11.4 Å². The van der Waals surface area contributed by atoms with E-state index in [-0.39, 0.29) is 12.5 Å². The molecule has 1 aliphatic heterocycles. The predicted octanol–water partition coefficient (Wildman–Crippen LogP) is 2.92. The molecule has 0 bridgehead atoms. The summed E-state index contributed by atoms with van der Waals surface area (Å²) in [5.74, 6) is -0.794. The van der Waals surface area contributed by atoms with Gasteiger partial charge in [-0.05, 0) is 48.2 Å². The van der Waals surface area contributed by atoms with E-state index in [0.29, 0.717) is 35.9 Å². The Bertz CT molecular complexity index is 1090. The second kappa shape index (κ2) is 9.15. The number of aliphatic hydroxyl groups is 1. The van der Waals surface area contributed by atoms with Gasteiger partial charge in [0, 0.05) is 35.3 Å². The van der Waals surface area contributed by atoms with Gasteiger partial charge in [0.25, 0.3) is 0 Å². The zero-order valence-corrected chi connectivity index (χ0v) is 17.4. The normalized spacial score (nSPS) is 14.5. The number of hydrogen-bond acceptors (Lipinski definition) is 6. The molecule has 0 radical (unpaired) electrons. The minimum Gasteiger partial charge on any atom is -0.458 e. The van der Waals surface area contributed by atoms with E-state index >= 15 is 0 Å². The zero-order valence-electron chi connectivity index (χ0n) is 16.5. The Balaban J connectivity index is 1.31. The first-order chi connectivity index (χ1) is 15.0. The number of carbonyl (C=O) groups excluding carboxylic acids is 3. The monoisotopic (exact) mass is 439 g/mol. The Labute approximate surface area is 182 Å². The molecule has 1 saturated heterocycles. The molecule has 160 valence electrons. The molecule has 4 rings (SSSR count). The summed E-state index contributed by atoms with van der Waals surface area (Å²) in [5, 5.41) is 19.0. The molecule has 0 spiro atoms. The lowest BCUT2D eigenvalue weighted by Crippen LogP contribution is -2.37. The second-order valence-corrected chi connectivity index (χ2v) is 7.87. The van der Waals surface area contributed by atoms with Crippen LogP contribution in [0.25, 0.3) is 11.3 Å². The van der Waals surface area contributed by atoms with Crippen molar-refractivity contribution >= 4 is 40.4 Å². The van der Waals surface area contributed by atoms with E-state index in [9.17, 15) is 19.5 Å². The summed E-state index contributed by atoms with van der Waals surface area (Å²) in [4.78, 5) is 37.9. The third-order valence-electron chi connectivity index (χ3n) is 4.91. The number of thiophene rings is 1. The van der Waals surface area contributed by atoms with Gasteiger partial charge in [-0.2, -0.15) is 11.3 Å². The van der Waals surface area contributed by atoms with Crippen LogP contribution >= 0.6 is 11.3 Å².